The summed E-state index contributed by atoms with van der Waals surface area (Å²) >= 11 is 0. The fourth-order valence-corrected chi connectivity index (χ4v) is 8.85. The van der Waals surface area contributed by atoms with Crippen LogP contribution in [0.15, 0.2) is 11.6 Å². The molecule has 0 amide bonds. The first-order valence-electron chi connectivity index (χ1n) is 13.1. The van der Waals surface area contributed by atoms with Crippen molar-refractivity contribution in [3.63, 3.8) is 0 Å². The van der Waals surface area contributed by atoms with Gasteiger partial charge in [0.05, 0.1) is 0 Å². The summed E-state index contributed by atoms with van der Waals surface area (Å²) in [6, 6.07) is 0. The molecule has 0 aromatic rings. The lowest BCUT2D eigenvalue weighted by Gasteiger charge is -2.58. The van der Waals surface area contributed by atoms with Crippen molar-refractivity contribution in [2.75, 3.05) is 0 Å². The molecule has 0 unspecified atom stereocenters. The SMILES string of the molecule is CC(C)CCC[C@H](C)[C@H]1CC[C@@H]2[C@@H]3CC=C4C[C@@H](OC=O)CC[C@]4(C)[C@H]3CC[C@@]21C. The highest BCUT2D eigenvalue weighted by Crippen LogP contribution is 2.67. The molecule has 8 atom stereocenters. The second-order valence-corrected chi connectivity index (χ2v) is 12.4. The van der Waals surface area contributed by atoms with E-state index in [1.165, 1.54) is 57.8 Å². The highest BCUT2D eigenvalue weighted by molar-refractivity contribution is 5.38. The Morgan fingerprint density at radius 1 is 1.07 bits per heavy atom. The van der Waals surface area contributed by atoms with Crippen molar-refractivity contribution in [3.8, 4) is 0 Å². The average molecular weight is 415 g/mol. The molecule has 4 aliphatic carbocycles. The molecule has 0 aliphatic heterocycles. The Morgan fingerprint density at radius 2 is 1.87 bits per heavy atom. The van der Waals surface area contributed by atoms with E-state index in [-0.39, 0.29) is 6.10 Å². The molecule has 2 heteroatoms. The zero-order valence-electron chi connectivity index (χ0n) is 20.3. The second kappa shape index (κ2) is 8.62. The van der Waals surface area contributed by atoms with E-state index in [0.29, 0.717) is 17.3 Å². The Bertz CT molecular complexity index is 651. The molecule has 0 spiro atoms. The second-order valence-electron chi connectivity index (χ2n) is 12.4. The lowest BCUT2D eigenvalue weighted by molar-refractivity contribution is -0.136. The summed E-state index contributed by atoms with van der Waals surface area (Å²) in [6.07, 6.45) is 17.2. The van der Waals surface area contributed by atoms with Gasteiger partial charge in [0.25, 0.3) is 6.47 Å². The minimum Gasteiger partial charge on any atom is -0.464 e. The molecule has 4 rings (SSSR count). The number of rotatable bonds is 7. The summed E-state index contributed by atoms with van der Waals surface area (Å²) in [7, 11) is 0. The van der Waals surface area contributed by atoms with E-state index in [0.717, 1.165) is 48.3 Å². The number of hydrogen-bond acceptors (Lipinski definition) is 2. The highest BCUT2D eigenvalue weighted by atomic mass is 16.5. The molecule has 0 N–H and O–H groups in total. The van der Waals surface area contributed by atoms with Crippen LogP contribution in [0.3, 0.4) is 0 Å². The molecule has 30 heavy (non-hydrogen) atoms. The van der Waals surface area contributed by atoms with Gasteiger partial charge < -0.3 is 4.74 Å². The van der Waals surface area contributed by atoms with Gasteiger partial charge in [-0.25, -0.2) is 0 Å². The van der Waals surface area contributed by atoms with Crippen LogP contribution in [0.25, 0.3) is 0 Å². The summed E-state index contributed by atoms with van der Waals surface area (Å²) in [4.78, 5) is 10.8. The number of fused-ring (bicyclic) bond motifs is 5. The number of allylic oxidation sites excluding steroid dienone is 1. The van der Waals surface area contributed by atoms with Crippen molar-refractivity contribution in [3.05, 3.63) is 11.6 Å². The number of hydrogen-bond donors (Lipinski definition) is 0. The van der Waals surface area contributed by atoms with E-state index < -0.39 is 0 Å². The molecule has 0 aromatic carbocycles. The summed E-state index contributed by atoms with van der Waals surface area (Å²) in [5, 5.41) is 0. The maximum absolute atomic E-state index is 10.8. The maximum Gasteiger partial charge on any atom is 0.293 e. The van der Waals surface area contributed by atoms with Gasteiger partial charge in [-0.15, -0.1) is 0 Å². The summed E-state index contributed by atoms with van der Waals surface area (Å²) in [5.74, 6) is 5.32. The Morgan fingerprint density at radius 3 is 2.60 bits per heavy atom. The van der Waals surface area contributed by atoms with Crippen LogP contribution in [-0.2, 0) is 9.53 Å². The molecule has 0 radical (unpaired) electrons. The van der Waals surface area contributed by atoms with Crippen LogP contribution < -0.4 is 0 Å². The van der Waals surface area contributed by atoms with Gasteiger partial charge in [0.15, 0.2) is 0 Å². The van der Waals surface area contributed by atoms with E-state index in [1.807, 2.05) is 0 Å². The van der Waals surface area contributed by atoms with E-state index in [4.69, 9.17) is 4.74 Å². The molecule has 4 aliphatic rings. The molecule has 0 bridgehead atoms. The molecular weight excluding hydrogens is 368 g/mol. The fourth-order valence-electron chi connectivity index (χ4n) is 8.85. The van der Waals surface area contributed by atoms with E-state index in [2.05, 4.69) is 40.7 Å². The molecule has 2 nitrogen and oxygen atoms in total. The van der Waals surface area contributed by atoms with Crippen LogP contribution in [-0.4, -0.2) is 12.6 Å². The number of ether oxygens (including phenoxy) is 1. The Kier molecular flexibility index (Phi) is 6.44. The van der Waals surface area contributed by atoms with Crippen LogP contribution in [0.4, 0.5) is 0 Å². The highest BCUT2D eigenvalue weighted by Gasteiger charge is 2.59. The summed E-state index contributed by atoms with van der Waals surface area (Å²) < 4.78 is 5.36. The largest absolute Gasteiger partial charge is 0.464 e. The monoisotopic (exact) mass is 414 g/mol. The predicted octanol–water partition coefficient (Wildman–Crippen LogP) is 7.57. The predicted molar refractivity (Wildman–Crippen MR) is 124 cm³/mol. The van der Waals surface area contributed by atoms with Crippen molar-refractivity contribution in [2.24, 2.45) is 46.3 Å². The van der Waals surface area contributed by atoms with E-state index in [1.54, 1.807) is 5.57 Å². The quantitative estimate of drug-likeness (QED) is 0.317. The molecule has 3 fully saturated rings. The summed E-state index contributed by atoms with van der Waals surface area (Å²) in [6.45, 7) is 13.2. The van der Waals surface area contributed by atoms with Gasteiger partial charge in [0.1, 0.15) is 6.10 Å². The smallest absolute Gasteiger partial charge is 0.293 e. The topological polar surface area (TPSA) is 26.3 Å². The van der Waals surface area contributed by atoms with Gasteiger partial charge in [-0.1, -0.05) is 65.5 Å². The maximum atomic E-state index is 10.8. The number of carbonyl (C=O) groups is 1. The minimum absolute atomic E-state index is 0.120. The molecule has 170 valence electrons. The van der Waals surface area contributed by atoms with Crippen molar-refractivity contribution in [1.29, 1.82) is 0 Å². The van der Waals surface area contributed by atoms with Crippen molar-refractivity contribution < 1.29 is 9.53 Å². The van der Waals surface area contributed by atoms with E-state index >= 15 is 0 Å². The molecule has 3 saturated carbocycles. The molecule has 0 saturated heterocycles. The first-order chi connectivity index (χ1) is 14.3. The van der Waals surface area contributed by atoms with Crippen LogP contribution in [0.2, 0.25) is 0 Å². The third-order valence-corrected chi connectivity index (χ3v) is 10.5. The van der Waals surface area contributed by atoms with Gasteiger partial charge in [-0.2, -0.15) is 0 Å². The molecule has 0 heterocycles. The van der Waals surface area contributed by atoms with Gasteiger partial charge in [0, 0.05) is 6.42 Å². The average Bonchev–Trinajstić information content (AvgIpc) is 3.05. The van der Waals surface area contributed by atoms with E-state index in [9.17, 15) is 4.79 Å². The normalized spacial score (nSPS) is 43.9. The van der Waals surface area contributed by atoms with Gasteiger partial charge in [-0.3, -0.25) is 4.79 Å². The Hall–Kier alpha value is -0.790. The van der Waals surface area contributed by atoms with Crippen LogP contribution in [0.5, 0.6) is 0 Å². The Labute approximate surface area is 185 Å². The third kappa shape index (κ3) is 3.79. The van der Waals surface area contributed by atoms with Gasteiger partial charge in [-0.05, 0) is 91.3 Å². The lowest BCUT2D eigenvalue weighted by Crippen LogP contribution is -2.51. The van der Waals surface area contributed by atoms with Crippen molar-refractivity contribution >= 4 is 6.47 Å². The van der Waals surface area contributed by atoms with Crippen LogP contribution in [0.1, 0.15) is 105 Å². The van der Waals surface area contributed by atoms with Crippen LogP contribution >= 0.6 is 0 Å². The molecular formula is C28H46O2. The van der Waals surface area contributed by atoms with Gasteiger partial charge in [0.2, 0.25) is 0 Å². The zero-order chi connectivity index (χ0) is 21.5. The van der Waals surface area contributed by atoms with Crippen molar-refractivity contribution in [1.82, 2.24) is 0 Å². The van der Waals surface area contributed by atoms with Crippen LogP contribution in [0, 0.1) is 46.3 Å². The fraction of sp³-hybridized carbons (Fsp3) is 0.893. The first-order valence-corrected chi connectivity index (χ1v) is 13.1. The number of carbonyl (C=O) groups excluding carboxylic acids is 1. The van der Waals surface area contributed by atoms with Crippen molar-refractivity contribution in [2.45, 2.75) is 111 Å². The Balaban J connectivity index is 1.47. The minimum atomic E-state index is 0.120. The lowest BCUT2D eigenvalue weighted by atomic mass is 9.47. The standard InChI is InChI=1S/C28H46O2/c1-19(2)7-6-8-20(3)24-11-12-25-23-10-9-21-17-22(30-18-29)13-15-27(21,4)26(23)14-16-28(24,25)5/h9,18-20,22-26H,6-8,10-17H2,1-5H3/t20-,22-,23-,24+,25+,26-,27-,28+/m0/s1. The zero-order valence-corrected chi connectivity index (χ0v) is 20.3. The third-order valence-electron chi connectivity index (χ3n) is 10.5. The first kappa shape index (κ1) is 22.4. The summed E-state index contributed by atoms with van der Waals surface area (Å²) in [5.41, 5.74) is 2.54. The van der Waals surface area contributed by atoms with Gasteiger partial charge >= 0.3 is 0 Å². The molecule has 0 aromatic heterocycles.